The predicted molar refractivity (Wildman–Crippen MR) is 77.2 cm³/mol. The van der Waals surface area contributed by atoms with E-state index in [9.17, 15) is 0 Å². The highest BCUT2D eigenvalue weighted by atomic mass is 28.4. The minimum atomic E-state index is -1.38. The zero-order valence-corrected chi connectivity index (χ0v) is 14.1. The van der Waals surface area contributed by atoms with E-state index in [0.717, 1.165) is 5.92 Å². The minimum Gasteiger partial charge on any atom is -0.460 e. The highest BCUT2D eigenvalue weighted by Crippen LogP contribution is 2.27. The molecule has 0 spiro atoms. The molecule has 4 heteroatoms. The quantitative estimate of drug-likeness (QED) is 0.783. The van der Waals surface area contributed by atoms with E-state index < -0.39 is 8.32 Å². The molecule has 0 aromatic carbocycles. The zero-order valence-electron chi connectivity index (χ0n) is 11.7. The average Bonchev–Trinajstić information content (AvgIpc) is 2.15. The summed E-state index contributed by atoms with van der Waals surface area (Å²) in [6, 6.07) is 1.35. The molecular formula is C12H29NOSi2. The van der Waals surface area contributed by atoms with E-state index in [1.165, 1.54) is 32.0 Å². The van der Waals surface area contributed by atoms with Crippen molar-refractivity contribution in [1.82, 2.24) is 5.32 Å². The van der Waals surface area contributed by atoms with Gasteiger partial charge in [-0.05, 0) is 56.0 Å². The Balaban J connectivity index is 2.32. The van der Waals surface area contributed by atoms with Crippen LogP contribution >= 0.6 is 0 Å². The molecule has 0 saturated carbocycles. The molecule has 2 nitrogen and oxygen atoms in total. The molecule has 0 amide bonds. The Morgan fingerprint density at radius 1 is 1.38 bits per heavy atom. The van der Waals surface area contributed by atoms with Gasteiger partial charge in [-0.15, -0.1) is 0 Å². The van der Waals surface area contributed by atoms with Gasteiger partial charge in [0, 0.05) is 0 Å². The van der Waals surface area contributed by atoms with E-state index in [4.69, 9.17) is 4.12 Å². The summed E-state index contributed by atoms with van der Waals surface area (Å²) in [5, 5.41) is 3.95. The molecule has 0 aromatic rings. The van der Waals surface area contributed by atoms with Gasteiger partial charge < -0.3 is 9.43 Å². The lowest BCUT2D eigenvalue weighted by molar-refractivity contribution is 0.389. The Bertz CT molecular complexity index is 208. The maximum Gasteiger partial charge on any atom is 0.173 e. The molecule has 16 heavy (non-hydrogen) atoms. The van der Waals surface area contributed by atoms with Gasteiger partial charge in [0.15, 0.2) is 18.1 Å². The van der Waals surface area contributed by atoms with Crippen LogP contribution in [0.25, 0.3) is 0 Å². The van der Waals surface area contributed by atoms with E-state index in [2.05, 4.69) is 39.2 Å². The molecule has 1 fully saturated rings. The second-order valence-corrected chi connectivity index (χ2v) is 14.5. The van der Waals surface area contributed by atoms with E-state index in [1.807, 2.05) is 0 Å². The van der Waals surface area contributed by atoms with Crippen molar-refractivity contribution in [3.63, 3.8) is 0 Å². The van der Waals surface area contributed by atoms with Crippen LogP contribution in [0.2, 0.25) is 24.2 Å². The largest absolute Gasteiger partial charge is 0.460 e. The molecule has 0 radical (unpaired) electrons. The van der Waals surface area contributed by atoms with Crippen LogP contribution < -0.4 is 5.32 Å². The third kappa shape index (κ3) is 6.18. The van der Waals surface area contributed by atoms with Crippen molar-refractivity contribution in [3.05, 3.63) is 0 Å². The second kappa shape index (κ2) is 5.80. The summed E-state index contributed by atoms with van der Waals surface area (Å²) < 4.78 is 6.35. The van der Waals surface area contributed by atoms with Crippen molar-refractivity contribution < 1.29 is 4.12 Å². The van der Waals surface area contributed by atoms with Crippen LogP contribution in [-0.4, -0.2) is 31.2 Å². The molecule has 0 unspecified atom stereocenters. The first-order valence-corrected chi connectivity index (χ1v) is 11.0. The molecule has 0 aromatic heterocycles. The number of hydrogen-bond donors (Lipinski definition) is 1. The monoisotopic (exact) mass is 259 g/mol. The summed E-state index contributed by atoms with van der Waals surface area (Å²) in [4.78, 5) is 0. The summed E-state index contributed by atoms with van der Waals surface area (Å²) in [6.45, 7) is 14.2. The molecule has 1 aliphatic rings. The van der Waals surface area contributed by atoms with Gasteiger partial charge in [0.2, 0.25) is 0 Å². The van der Waals surface area contributed by atoms with Crippen molar-refractivity contribution in [2.24, 2.45) is 5.92 Å². The highest BCUT2D eigenvalue weighted by Gasteiger charge is 2.29. The highest BCUT2D eigenvalue weighted by molar-refractivity contribution is 6.75. The van der Waals surface area contributed by atoms with Crippen LogP contribution in [0.5, 0.6) is 0 Å². The third-order valence-electron chi connectivity index (χ3n) is 3.08. The standard InChI is InChI=1S/C12H29NOSi2/c1-12(2,3)15-14-16(4,5)10-11-7-6-8-13-9-11/h11,13H,6-10,15H2,1-5H3/t11-/m0/s1. The summed E-state index contributed by atoms with van der Waals surface area (Å²) in [6.07, 6.45) is 2.76. The van der Waals surface area contributed by atoms with Gasteiger partial charge in [0.25, 0.3) is 0 Å². The summed E-state index contributed by atoms with van der Waals surface area (Å²) in [7, 11) is -1.74. The lowest BCUT2D eigenvalue weighted by atomic mass is 10.0. The van der Waals surface area contributed by atoms with Crippen molar-refractivity contribution >= 4 is 18.1 Å². The van der Waals surface area contributed by atoms with Crippen molar-refractivity contribution in [2.45, 2.75) is 57.8 Å². The minimum absolute atomic E-state index is 0.360. The lowest BCUT2D eigenvalue weighted by Crippen LogP contribution is -2.40. The fourth-order valence-corrected chi connectivity index (χ4v) is 7.77. The maximum absolute atomic E-state index is 6.35. The van der Waals surface area contributed by atoms with Gasteiger partial charge >= 0.3 is 0 Å². The number of hydrogen-bond acceptors (Lipinski definition) is 2. The van der Waals surface area contributed by atoms with Gasteiger partial charge in [0.05, 0.1) is 0 Å². The smallest absolute Gasteiger partial charge is 0.173 e. The molecule has 1 atom stereocenters. The zero-order chi connectivity index (χ0) is 12.2. The second-order valence-electron chi connectivity index (χ2n) is 7.03. The first-order chi connectivity index (χ1) is 7.29. The first kappa shape index (κ1) is 14.4. The van der Waals surface area contributed by atoms with Gasteiger partial charge in [-0.2, -0.15) is 0 Å². The molecule has 1 rings (SSSR count). The van der Waals surface area contributed by atoms with E-state index in [0.29, 0.717) is 5.04 Å². The molecule has 0 aliphatic carbocycles. The maximum atomic E-state index is 6.35. The van der Waals surface area contributed by atoms with Crippen LogP contribution in [0, 0.1) is 5.92 Å². The van der Waals surface area contributed by atoms with Crippen LogP contribution in [0.1, 0.15) is 33.6 Å². The van der Waals surface area contributed by atoms with E-state index >= 15 is 0 Å². The number of rotatable bonds is 4. The predicted octanol–water partition coefficient (Wildman–Crippen LogP) is 2.51. The molecular weight excluding hydrogens is 230 g/mol. The average molecular weight is 260 g/mol. The van der Waals surface area contributed by atoms with Gasteiger partial charge in [-0.3, -0.25) is 0 Å². The third-order valence-corrected chi connectivity index (χ3v) is 9.20. The number of piperidine rings is 1. The molecule has 96 valence electrons. The fraction of sp³-hybridized carbons (Fsp3) is 1.00. The molecule has 1 aliphatic heterocycles. The summed E-state index contributed by atoms with van der Waals surface area (Å²) >= 11 is 0. The van der Waals surface area contributed by atoms with Gasteiger partial charge in [-0.25, -0.2) is 0 Å². The van der Waals surface area contributed by atoms with E-state index in [1.54, 1.807) is 0 Å². The van der Waals surface area contributed by atoms with E-state index in [-0.39, 0.29) is 9.76 Å². The SMILES string of the molecule is CC(C)(C)[SiH2]O[Si](C)(C)C[C@H]1CCCNC1. The Labute approximate surface area is 105 Å². The molecule has 1 N–H and O–H groups in total. The Kier molecular flexibility index (Phi) is 5.23. The molecule has 0 bridgehead atoms. The van der Waals surface area contributed by atoms with Crippen molar-refractivity contribution in [1.29, 1.82) is 0 Å². The van der Waals surface area contributed by atoms with Crippen LogP contribution in [0.4, 0.5) is 0 Å². The van der Waals surface area contributed by atoms with Gasteiger partial charge in [-0.1, -0.05) is 20.8 Å². The van der Waals surface area contributed by atoms with Crippen LogP contribution in [0.3, 0.4) is 0 Å². The fourth-order valence-electron chi connectivity index (χ4n) is 2.26. The van der Waals surface area contributed by atoms with Crippen LogP contribution in [0.15, 0.2) is 0 Å². The van der Waals surface area contributed by atoms with Crippen molar-refractivity contribution in [3.8, 4) is 0 Å². The summed E-state index contributed by atoms with van der Waals surface area (Å²) in [5.41, 5.74) is 0. The molecule has 1 saturated heterocycles. The molecule has 1 heterocycles. The van der Waals surface area contributed by atoms with Crippen molar-refractivity contribution in [2.75, 3.05) is 13.1 Å². The Morgan fingerprint density at radius 3 is 2.56 bits per heavy atom. The first-order valence-electron chi connectivity index (χ1n) is 6.63. The Hall–Kier alpha value is 0.354. The normalized spacial score (nSPS) is 24.2. The van der Waals surface area contributed by atoms with Gasteiger partial charge in [0.1, 0.15) is 0 Å². The Morgan fingerprint density at radius 2 is 2.06 bits per heavy atom. The van der Waals surface area contributed by atoms with Crippen LogP contribution in [-0.2, 0) is 4.12 Å². The topological polar surface area (TPSA) is 21.3 Å². The lowest BCUT2D eigenvalue weighted by Gasteiger charge is -2.33. The summed E-state index contributed by atoms with van der Waals surface area (Å²) in [5.74, 6) is 0.879. The number of nitrogens with one attached hydrogen (secondary N) is 1.